The van der Waals surface area contributed by atoms with Gasteiger partial charge in [-0.25, -0.2) is 0 Å². The summed E-state index contributed by atoms with van der Waals surface area (Å²) in [5, 5.41) is 12.7. The average molecular weight is 341 g/mol. The highest BCUT2D eigenvalue weighted by atomic mass is 32.2. The number of carbonyl (C=O) groups is 1. The van der Waals surface area contributed by atoms with Crippen molar-refractivity contribution in [1.82, 2.24) is 5.32 Å². The monoisotopic (exact) mass is 341 g/mol. The minimum absolute atomic E-state index is 0.149. The predicted octanol–water partition coefficient (Wildman–Crippen LogP) is 4.57. The molecule has 0 amide bonds. The van der Waals surface area contributed by atoms with Gasteiger partial charge in [0.25, 0.3) is 0 Å². The second-order valence-electron chi connectivity index (χ2n) is 6.29. The number of aliphatic carboxylic acids is 1. The van der Waals surface area contributed by atoms with Gasteiger partial charge < -0.3 is 10.4 Å². The van der Waals surface area contributed by atoms with Crippen LogP contribution < -0.4 is 5.32 Å². The Labute approximate surface area is 147 Å². The minimum Gasteiger partial charge on any atom is -0.481 e. The van der Waals surface area contributed by atoms with Gasteiger partial charge in [-0.05, 0) is 49.4 Å². The van der Waals surface area contributed by atoms with Gasteiger partial charge in [0.1, 0.15) is 0 Å². The summed E-state index contributed by atoms with van der Waals surface area (Å²) >= 11 is 1.79. The van der Waals surface area contributed by atoms with Gasteiger partial charge in [-0.15, -0.1) is 0 Å². The highest BCUT2D eigenvalue weighted by molar-refractivity contribution is 7.99. The molecule has 2 aromatic carbocycles. The van der Waals surface area contributed by atoms with Gasteiger partial charge in [-0.3, -0.25) is 4.79 Å². The molecule has 0 atom stereocenters. The van der Waals surface area contributed by atoms with Crippen molar-refractivity contribution in [3.05, 3.63) is 60.2 Å². The molecule has 0 aromatic heterocycles. The molecule has 1 fully saturated rings. The lowest BCUT2D eigenvalue weighted by Crippen LogP contribution is -2.34. The van der Waals surface area contributed by atoms with Crippen LogP contribution in [0.2, 0.25) is 0 Å². The highest BCUT2D eigenvalue weighted by Gasteiger charge is 2.25. The maximum atomic E-state index is 11.0. The first-order valence-electron chi connectivity index (χ1n) is 8.49. The first kappa shape index (κ1) is 17.1. The number of hydrogen-bond acceptors (Lipinski definition) is 3. The number of benzene rings is 2. The SMILES string of the molecule is O=C(O)C1CCC(NCc2ccccc2Sc2ccccc2)CC1. The van der Waals surface area contributed by atoms with Crippen LogP contribution in [0.5, 0.6) is 0 Å². The lowest BCUT2D eigenvalue weighted by molar-refractivity contribution is -0.142. The van der Waals surface area contributed by atoms with Crippen molar-refractivity contribution in [2.24, 2.45) is 5.92 Å². The molecule has 0 heterocycles. The van der Waals surface area contributed by atoms with E-state index in [0.29, 0.717) is 6.04 Å². The maximum Gasteiger partial charge on any atom is 0.306 e. The third-order valence-electron chi connectivity index (χ3n) is 4.60. The third-order valence-corrected chi connectivity index (χ3v) is 5.73. The number of hydrogen-bond donors (Lipinski definition) is 2. The summed E-state index contributed by atoms with van der Waals surface area (Å²) in [7, 11) is 0. The first-order valence-corrected chi connectivity index (χ1v) is 9.31. The average Bonchev–Trinajstić information content (AvgIpc) is 2.62. The van der Waals surface area contributed by atoms with Gasteiger partial charge in [0.05, 0.1) is 5.92 Å². The van der Waals surface area contributed by atoms with Crippen LogP contribution in [0.15, 0.2) is 64.4 Å². The summed E-state index contributed by atoms with van der Waals surface area (Å²) in [6.07, 6.45) is 3.47. The van der Waals surface area contributed by atoms with E-state index in [0.717, 1.165) is 32.2 Å². The Morgan fingerprint density at radius 1 is 1.00 bits per heavy atom. The molecule has 126 valence electrons. The maximum absolute atomic E-state index is 11.0. The summed E-state index contributed by atoms with van der Waals surface area (Å²) in [5.74, 6) is -0.790. The van der Waals surface area contributed by atoms with E-state index in [9.17, 15) is 4.79 Å². The van der Waals surface area contributed by atoms with Gasteiger partial charge in [-0.2, -0.15) is 0 Å². The van der Waals surface area contributed by atoms with Crippen molar-refractivity contribution in [3.8, 4) is 0 Å². The molecule has 0 radical (unpaired) electrons. The van der Waals surface area contributed by atoms with E-state index in [1.54, 1.807) is 11.8 Å². The van der Waals surface area contributed by atoms with Gasteiger partial charge >= 0.3 is 5.97 Å². The van der Waals surface area contributed by atoms with E-state index in [2.05, 4.69) is 53.8 Å². The van der Waals surface area contributed by atoms with Crippen LogP contribution in [-0.2, 0) is 11.3 Å². The minimum atomic E-state index is -0.641. The molecule has 0 bridgehead atoms. The standard InChI is InChI=1S/C20H23NO2S/c22-20(23)15-10-12-17(13-11-15)21-14-16-6-4-5-9-19(16)24-18-7-2-1-3-8-18/h1-9,15,17,21H,10-14H2,(H,22,23). The van der Waals surface area contributed by atoms with Gasteiger partial charge in [-0.1, -0.05) is 48.2 Å². The van der Waals surface area contributed by atoms with Crippen LogP contribution in [0.4, 0.5) is 0 Å². The highest BCUT2D eigenvalue weighted by Crippen LogP contribution is 2.31. The fourth-order valence-corrected chi connectivity index (χ4v) is 4.13. The molecule has 0 unspecified atom stereocenters. The van der Waals surface area contributed by atoms with Crippen LogP contribution >= 0.6 is 11.8 Å². The Balaban J connectivity index is 1.57. The predicted molar refractivity (Wildman–Crippen MR) is 97.2 cm³/mol. The Kier molecular flexibility index (Phi) is 5.94. The van der Waals surface area contributed by atoms with E-state index in [4.69, 9.17) is 5.11 Å². The van der Waals surface area contributed by atoms with Crippen molar-refractivity contribution < 1.29 is 9.90 Å². The van der Waals surface area contributed by atoms with Crippen molar-refractivity contribution >= 4 is 17.7 Å². The van der Waals surface area contributed by atoms with E-state index >= 15 is 0 Å². The zero-order chi connectivity index (χ0) is 16.8. The van der Waals surface area contributed by atoms with E-state index in [-0.39, 0.29) is 5.92 Å². The molecule has 0 spiro atoms. The largest absolute Gasteiger partial charge is 0.481 e. The van der Waals surface area contributed by atoms with Crippen LogP contribution in [0.25, 0.3) is 0 Å². The molecule has 4 heteroatoms. The molecule has 1 aliphatic carbocycles. The van der Waals surface area contributed by atoms with Crippen LogP contribution in [0.1, 0.15) is 31.2 Å². The Morgan fingerprint density at radius 2 is 1.67 bits per heavy atom. The van der Waals surface area contributed by atoms with Gasteiger partial charge in [0.15, 0.2) is 0 Å². The molecule has 3 nitrogen and oxygen atoms in total. The smallest absolute Gasteiger partial charge is 0.306 e. The summed E-state index contributed by atoms with van der Waals surface area (Å²) in [6, 6.07) is 19.3. The molecule has 24 heavy (non-hydrogen) atoms. The molecule has 2 N–H and O–H groups in total. The van der Waals surface area contributed by atoms with Crippen LogP contribution in [0.3, 0.4) is 0 Å². The van der Waals surface area contributed by atoms with Crippen molar-refractivity contribution in [3.63, 3.8) is 0 Å². The number of rotatable bonds is 6. The topological polar surface area (TPSA) is 49.3 Å². The molecule has 3 rings (SSSR count). The van der Waals surface area contributed by atoms with Crippen molar-refractivity contribution in [2.75, 3.05) is 0 Å². The number of carboxylic acid groups (broad SMARTS) is 1. The third kappa shape index (κ3) is 4.62. The molecular formula is C20H23NO2S. The fourth-order valence-electron chi connectivity index (χ4n) is 3.16. The van der Waals surface area contributed by atoms with Gasteiger partial charge in [0.2, 0.25) is 0 Å². The molecule has 1 saturated carbocycles. The van der Waals surface area contributed by atoms with E-state index in [1.165, 1.54) is 15.4 Å². The second kappa shape index (κ2) is 8.36. The van der Waals surface area contributed by atoms with Crippen LogP contribution in [0, 0.1) is 5.92 Å². The van der Waals surface area contributed by atoms with Crippen LogP contribution in [-0.4, -0.2) is 17.1 Å². The summed E-state index contributed by atoms with van der Waals surface area (Å²) < 4.78 is 0. The number of nitrogens with one attached hydrogen (secondary N) is 1. The summed E-state index contributed by atoms with van der Waals surface area (Å²) in [4.78, 5) is 13.6. The molecule has 1 aliphatic rings. The summed E-state index contributed by atoms with van der Waals surface area (Å²) in [6.45, 7) is 0.832. The first-order chi connectivity index (χ1) is 11.7. The zero-order valence-corrected chi connectivity index (χ0v) is 14.5. The Morgan fingerprint density at radius 3 is 2.38 bits per heavy atom. The Hall–Kier alpha value is -1.78. The quantitative estimate of drug-likeness (QED) is 0.808. The van der Waals surface area contributed by atoms with Crippen molar-refractivity contribution in [2.45, 2.75) is 48.1 Å². The zero-order valence-electron chi connectivity index (χ0n) is 13.7. The fraction of sp³-hybridized carbons (Fsp3) is 0.350. The molecule has 0 aliphatic heterocycles. The van der Waals surface area contributed by atoms with Gasteiger partial charge in [0, 0.05) is 22.4 Å². The van der Waals surface area contributed by atoms with E-state index in [1.807, 2.05) is 6.07 Å². The lowest BCUT2D eigenvalue weighted by atomic mass is 9.86. The van der Waals surface area contributed by atoms with E-state index < -0.39 is 5.97 Å². The lowest BCUT2D eigenvalue weighted by Gasteiger charge is -2.27. The normalized spacial score (nSPS) is 20.7. The number of carboxylic acids is 1. The molecular weight excluding hydrogens is 318 g/mol. The molecule has 2 aromatic rings. The second-order valence-corrected chi connectivity index (χ2v) is 7.41. The summed E-state index contributed by atoms with van der Waals surface area (Å²) in [5.41, 5.74) is 1.30. The van der Waals surface area contributed by atoms with Crippen molar-refractivity contribution in [1.29, 1.82) is 0 Å². The molecule has 0 saturated heterocycles. The Bertz CT molecular complexity index is 666.